The van der Waals surface area contributed by atoms with Crippen LogP contribution < -0.4 is 28.3 Å². The van der Waals surface area contributed by atoms with Gasteiger partial charge in [-0.25, -0.2) is 9.97 Å². The molecule has 2 aromatic heterocycles. The number of nitrogens with zero attached hydrogens (tertiary/aromatic N) is 3. The molecular formula is C17H28N8S. The van der Waals surface area contributed by atoms with E-state index in [1.807, 2.05) is 0 Å². The Morgan fingerprint density at radius 2 is 1.81 bits per heavy atom. The monoisotopic (exact) mass is 376 g/mol. The van der Waals surface area contributed by atoms with Gasteiger partial charge in [0, 0.05) is 28.9 Å². The minimum absolute atomic E-state index is 0.381. The normalized spacial score (nSPS) is 27.0. The third-order valence-electron chi connectivity index (χ3n) is 5.97. The Morgan fingerprint density at radius 3 is 2.46 bits per heavy atom. The second-order valence-electron chi connectivity index (χ2n) is 8.00. The van der Waals surface area contributed by atoms with Crippen molar-refractivity contribution in [1.82, 2.24) is 14.9 Å². The van der Waals surface area contributed by atoms with Gasteiger partial charge < -0.3 is 33.2 Å². The summed E-state index contributed by atoms with van der Waals surface area (Å²) in [6.45, 7) is 0. The van der Waals surface area contributed by atoms with Gasteiger partial charge in [-0.1, -0.05) is 0 Å². The second-order valence-corrected chi connectivity index (χ2v) is 9.09. The third kappa shape index (κ3) is 2.70. The minimum Gasteiger partial charge on any atom is -0.367 e. The summed E-state index contributed by atoms with van der Waals surface area (Å²) in [5.74, 6) is 0.791. The van der Waals surface area contributed by atoms with Crippen LogP contribution >= 0.6 is 11.3 Å². The Hall–Kier alpha value is -1.36. The first-order valence-electron chi connectivity index (χ1n) is 9.06. The van der Waals surface area contributed by atoms with E-state index in [0.717, 1.165) is 39.3 Å². The molecule has 4 rings (SSSR count). The maximum Gasteiger partial charge on any atom is 0.138 e. The van der Waals surface area contributed by atoms with Crippen LogP contribution in [0.2, 0.25) is 0 Å². The number of nitrogens with two attached hydrogens (primary N) is 4. The Balaban J connectivity index is 1.66. The molecular weight excluding hydrogens is 348 g/mol. The Labute approximate surface area is 157 Å². The lowest BCUT2D eigenvalue weighted by atomic mass is 9.90. The molecule has 2 heterocycles. The van der Waals surface area contributed by atoms with Crippen LogP contribution in [0.3, 0.4) is 0 Å². The van der Waals surface area contributed by atoms with Crippen LogP contribution in [-0.2, 0) is 12.1 Å². The topological polar surface area (TPSA) is 145 Å². The van der Waals surface area contributed by atoms with Crippen molar-refractivity contribution < 1.29 is 0 Å². The summed E-state index contributed by atoms with van der Waals surface area (Å²) in [4.78, 5) is 13.1. The molecule has 0 saturated heterocycles. The van der Waals surface area contributed by atoms with Crippen LogP contribution in [0.15, 0.2) is 6.33 Å². The fraction of sp³-hybridized carbons (Fsp3) is 0.647. The van der Waals surface area contributed by atoms with Crippen molar-refractivity contribution in [2.75, 3.05) is 19.4 Å². The lowest BCUT2D eigenvalue weighted by molar-refractivity contribution is 0.221. The van der Waals surface area contributed by atoms with Gasteiger partial charge >= 0.3 is 0 Å². The summed E-state index contributed by atoms with van der Waals surface area (Å²) >= 11 is 1.55. The van der Waals surface area contributed by atoms with Crippen molar-refractivity contribution >= 4 is 27.4 Å². The summed E-state index contributed by atoms with van der Waals surface area (Å²) < 4.78 is 0. The van der Waals surface area contributed by atoms with Gasteiger partial charge in [-0.2, -0.15) is 0 Å². The number of thiophene rings is 1. The molecule has 142 valence electrons. The van der Waals surface area contributed by atoms with Gasteiger partial charge in [0.2, 0.25) is 0 Å². The number of hydrogen-bond acceptors (Lipinski definition) is 9. The molecule has 1 saturated carbocycles. The Morgan fingerprint density at radius 1 is 1.12 bits per heavy atom. The van der Waals surface area contributed by atoms with Gasteiger partial charge in [0.25, 0.3) is 0 Å². The molecule has 2 aliphatic rings. The fourth-order valence-electron chi connectivity index (χ4n) is 4.23. The largest absolute Gasteiger partial charge is 0.367 e. The van der Waals surface area contributed by atoms with Crippen LogP contribution in [0.1, 0.15) is 36.1 Å². The molecule has 2 aliphatic carbocycles. The van der Waals surface area contributed by atoms with E-state index in [0.29, 0.717) is 18.5 Å². The van der Waals surface area contributed by atoms with E-state index >= 15 is 0 Å². The number of nitrogens with one attached hydrogen (secondary N) is 1. The minimum atomic E-state index is -1.30. The lowest BCUT2D eigenvalue weighted by Crippen LogP contribution is -2.71. The standard InChI is InChI=1S/C17H28N8S/c1-25(2)10-5-3-9(4-6-10)24-14-12-13-11(26-15(12)23-8-22-14)7-16(18,19)17(13,20)21/h8-10H,3-7,18-21H2,1-2H3,(H,22,23,24). The van der Waals surface area contributed by atoms with E-state index in [2.05, 4.69) is 34.3 Å². The Bertz CT molecular complexity index is 820. The first kappa shape index (κ1) is 18.0. The summed E-state index contributed by atoms with van der Waals surface area (Å²) in [6, 6.07) is 1.03. The average Bonchev–Trinajstić information content (AvgIpc) is 3.01. The first-order chi connectivity index (χ1) is 12.2. The van der Waals surface area contributed by atoms with Crippen molar-refractivity contribution in [2.24, 2.45) is 22.9 Å². The van der Waals surface area contributed by atoms with Crippen molar-refractivity contribution in [3.8, 4) is 0 Å². The van der Waals surface area contributed by atoms with E-state index in [4.69, 9.17) is 22.9 Å². The van der Waals surface area contributed by atoms with Gasteiger partial charge in [-0.05, 0) is 39.8 Å². The molecule has 9 heteroatoms. The van der Waals surface area contributed by atoms with Gasteiger partial charge in [0.15, 0.2) is 0 Å². The molecule has 0 aromatic carbocycles. The predicted octanol–water partition coefficient (Wildman–Crippen LogP) is 0.216. The number of hydrogen-bond donors (Lipinski definition) is 5. The zero-order valence-corrected chi connectivity index (χ0v) is 16.1. The van der Waals surface area contributed by atoms with Crippen LogP contribution in [0.25, 0.3) is 10.2 Å². The highest BCUT2D eigenvalue weighted by molar-refractivity contribution is 7.19. The highest BCUT2D eigenvalue weighted by Gasteiger charge is 2.51. The van der Waals surface area contributed by atoms with Crippen LogP contribution in [0, 0.1) is 0 Å². The maximum atomic E-state index is 6.38. The molecule has 2 aromatic rings. The summed E-state index contributed by atoms with van der Waals surface area (Å²) in [6.07, 6.45) is 6.60. The number of fused-ring (bicyclic) bond motifs is 3. The molecule has 0 amide bonds. The van der Waals surface area contributed by atoms with Crippen LogP contribution in [0.4, 0.5) is 5.82 Å². The molecule has 26 heavy (non-hydrogen) atoms. The van der Waals surface area contributed by atoms with E-state index in [1.54, 1.807) is 17.7 Å². The zero-order valence-electron chi connectivity index (χ0n) is 15.3. The quantitative estimate of drug-likeness (QED) is 0.478. The molecule has 0 spiro atoms. The smallest absolute Gasteiger partial charge is 0.138 e. The van der Waals surface area contributed by atoms with Crippen LogP contribution in [0.5, 0.6) is 0 Å². The SMILES string of the molecule is CN(C)C1CCC(Nc2ncnc3sc4c(c23)C(N)(N)C(N)(N)C4)CC1. The summed E-state index contributed by atoms with van der Waals surface area (Å²) in [7, 11) is 4.30. The molecule has 0 bridgehead atoms. The fourth-order valence-corrected chi connectivity index (χ4v) is 5.54. The van der Waals surface area contributed by atoms with Crippen LogP contribution in [-0.4, -0.2) is 46.7 Å². The highest BCUT2D eigenvalue weighted by Crippen LogP contribution is 2.46. The van der Waals surface area contributed by atoms with E-state index < -0.39 is 11.3 Å². The second kappa shape index (κ2) is 6.08. The van der Waals surface area contributed by atoms with E-state index in [9.17, 15) is 0 Å². The third-order valence-corrected chi connectivity index (χ3v) is 7.06. The predicted molar refractivity (Wildman–Crippen MR) is 106 cm³/mol. The van der Waals surface area contributed by atoms with Crippen molar-refractivity contribution in [1.29, 1.82) is 0 Å². The van der Waals surface area contributed by atoms with E-state index in [1.165, 1.54) is 12.8 Å². The van der Waals surface area contributed by atoms with Gasteiger partial charge in [-0.15, -0.1) is 11.3 Å². The number of anilines is 1. The molecule has 1 fully saturated rings. The Kier molecular flexibility index (Phi) is 4.22. The molecule has 0 aliphatic heterocycles. The molecule has 0 unspecified atom stereocenters. The number of aromatic nitrogens is 2. The van der Waals surface area contributed by atoms with Crippen molar-refractivity contribution in [3.63, 3.8) is 0 Å². The average molecular weight is 377 g/mol. The maximum absolute atomic E-state index is 6.38. The molecule has 9 N–H and O–H groups in total. The van der Waals surface area contributed by atoms with Crippen molar-refractivity contribution in [3.05, 3.63) is 16.8 Å². The van der Waals surface area contributed by atoms with Crippen molar-refractivity contribution in [2.45, 2.75) is 55.5 Å². The zero-order chi connectivity index (χ0) is 18.7. The van der Waals surface area contributed by atoms with Gasteiger partial charge in [-0.3, -0.25) is 0 Å². The lowest BCUT2D eigenvalue weighted by Gasteiger charge is -2.35. The highest BCUT2D eigenvalue weighted by atomic mass is 32.1. The molecule has 0 atom stereocenters. The number of rotatable bonds is 3. The first-order valence-corrected chi connectivity index (χ1v) is 9.87. The van der Waals surface area contributed by atoms with Gasteiger partial charge in [0.1, 0.15) is 28.3 Å². The summed E-state index contributed by atoms with van der Waals surface area (Å²) in [5, 5.41) is 4.49. The van der Waals surface area contributed by atoms with E-state index in [-0.39, 0.29) is 0 Å². The summed E-state index contributed by atoms with van der Waals surface area (Å²) in [5.41, 5.74) is 23.5. The molecule has 0 radical (unpaired) electrons. The molecule has 8 nitrogen and oxygen atoms in total. The van der Waals surface area contributed by atoms with Gasteiger partial charge in [0.05, 0.1) is 5.39 Å².